The molecule has 0 aromatic carbocycles. The maximum Gasteiger partial charge on any atom is 0.410 e. The van der Waals surface area contributed by atoms with Crippen molar-refractivity contribution in [2.45, 2.75) is 66.5 Å². The van der Waals surface area contributed by atoms with Gasteiger partial charge in [-0.1, -0.05) is 27.7 Å². The second-order valence-electron chi connectivity index (χ2n) is 11.8. The van der Waals surface area contributed by atoms with Crippen LogP contribution in [0, 0.1) is 10.8 Å². The zero-order chi connectivity index (χ0) is 26.0. The van der Waals surface area contributed by atoms with Gasteiger partial charge >= 0.3 is 6.09 Å². The van der Waals surface area contributed by atoms with E-state index >= 15 is 0 Å². The van der Waals surface area contributed by atoms with Crippen LogP contribution in [0.3, 0.4) is 0 Å². The predicted octanol–water partition coefficient (Wildman–Crippen LogP) is 5.67. The highest BCUT2D eigenvalue weighted by molar-refractivity contribution is 5.72. The smallest absolute Gasteiger partial charge is 0.410 e. The lowest BCUT2D eigenvalue weighted by molar-refractivity contribution is 0.0196. The highest BCUT2D eigenvalue weighted by Crippen LogP contribution is 2.42. The lowest BCUT2D eigenvalue weighted by Crippen LogP contribution is -2.46. The van der Waals surface area contributed by atoms with Gasteiger partial charge in [-0.2, -0.15) is 0 Å². The number of carbonyl (C=O) groups excluding carboxylic acids is 1. The Morgan fingerprint density at radius 1 is 1.14 bits per heavy atom. The van der Waals surface area contributed by atoms with Crippen molar-refractivity contribution in [2.75, 3.05) is 37.9 Å². The topological polar surface area (TPSA) is 88.6 Å². The molecule has 1 aliphatic heterocycles. The van der Waals surface area contributed by atoms with E-state index in [1.807, 2.05) is 50.9 Å². The molecule has 35 heavy (non-hydrogen) atoms. The number of nitrogens with one attached hydrogen (secondary N) is 2. The van der Waals surface area contributed by atoms with E-state index in [1.54, 1.807) is 19.5 Å². The summed E-state index contributed by atoms with van der Waals surface area (Å²) in [7, 11) is 3.46. The molecule has 2 N–H and O–H groups in total. The van der Waals surface area contributed by atoms with Crippen LogP contribution in [0.1, 0.15) is 54.9 Å². The van der Waals surface area contributed by atoms with Gasteiger partial charge in [-0.3, -0.25) is 0 Å². The second-order valence-corrected chi connectivity index (χ2v) is 11.8. The van der Waals surface area contributed by atoms with Crippen LogP contribution in [0.5, 0.6) is 5.88 Å². The van der Waals surface area contributed by atoms with Gasteiger partial charge in [-0.15, -0.1) is 0 Å². The van der Waals surface area contributed by atoms with E-state index in [1.165, 1.54) is 0 Å². The normalized spacial score (nSPS) is 19.5. The van der Waals surface area contributed by atoms with Gasteiger partial charge in [-0.05, 0) is 61.8 Å². The maximum atomic E-state index is 13.1. The molecule has 8 nitrogen and oxygen atoms in total. The number of ether oxygens (including phenoxy) is 2. The van der Waals surface area contributed by atoms with Crippen LogP contribution in [-0.2, 0) is 4.74 Å². The zero-order valence-electron chi connectivity index (χ0n) is 22.7. The Morgan fingerprint density at radius 3 is 2.49 bits per heavy atom. The minimum Gasteiger partial charge on any atom is -0.480 e. The van der Waals surface area contributed by atoms with Crippen molar-refractivity contribution >= 4 is 17.6 Å². The first kappa shape index (κ1) is 26.6. The van der Waals surface area contributed by atoms with Crippen molar-refractivity contribution in [3.8, 4) is 17.0 Å². The molecular weight excluding hydrogens is 442 g/mol. The fourth-order valence-corrected chi connectivity index (χ4v) is 4.98. The van der Waals surface area contributed by atoms with Crippen molar-refractivity contribution in [1.29, 1.82) is 0 Å². The summed E-state index contributed by atoms with van der Waals surface area (Å²) in [6, 6.07) is 5.93. The van der Waals surface area contributed by atoms with Gasteiger partial charge in [0.25, 0.3) is 0 Å². The number of amides is 1. The summed E-state index contributed by atoms with van der Waals surface area (Å²) in [6.07, 6.45) is 4.22. The number of anilines is 2. The third kappa shape index (κ3) is 6.77. The maximum absolute atomic E-state index is 13.1. The molecule has 8 heteroatoms. The fraction of sp³-hybridized carbons (Fsp3) is 0.593. The van der Waals surface area contributed by atoms with E-state index in [-0.39, 0.29) is 23.0 Å². The van der Waals surface area contributed by atoms with E-state index in [2.05, 4.69) is 48.3 Å². The summed E-state index contributed by atoms with van der Waals surface area (Å²) < 4.78 is 11.3. The molecule has 1 aliphatic rings. The fourth-order valence-electron chi connectivity index (χ4n) is 4.98. The van der Waals surface area contributed by atoms with Crippen LogP contribution in [-0.4, -0.2) is 59.9 Å². The summed E-state index contributed by atoms with van der Waals surface area (Å²) in [5.41, 5.74) is 2.00. The third-order valence-electron chi connectivity index (χ3n) is 6.27. The molecule has 0 spiro atoms. The summed E-state index contributed by atoms with van der Waals surface area (Å²) in [4.78, 5) is 23.8. The van der Waals surface area contributed by atoms with E-state index < -0.39 is 5.60 Å². The number of methoxy groups -OCH3 is 1. The number of likely N-dealkylation sites (tertiary alicyclic amines) is 1. The van der Waals surface area contributed by atoms with Crippen molar-refractivity contribution in [1.82, 2.24) is 14.9 Å². The summed E-state index contributed by atoms with van der Waals surface area (Å²) in [5, 5.41) is 6.76. The van der Waals surface area contributed by atoms with Gasteiger partial charge in [0.05, 0.1) is 12.8 Å². The minimum absolute atomic E-state index is 0.0481. The molecule has 1 saturated heterocycles. The number of hydrogen-bond donors (Lipinski definition) is 2. The molecule has 0 radical (unpaired) electrons. The Balaban J connectivity index is 1.96. The Hall–Kier alpha value is -3.03. The summed E-state index contributed by atoms with van der Waals surface area (Å²) >= 11 is 0. The van der Waals surface area contributed by atoms with Crippen LogP contribution in [0.25, 0.3) is 11.1 Å². The van der Waals surface area contributed by atoms with Crippen molar-refractivity contribution in [3.63, 3.8) is 0 Å². The number of aromatic nitrogens is 2. The van der Waals surface area contributed by atoms with Crippen LogP contribution in [0.4, 0.5) is 16.3 Å². The van der Waals surface area contributed by atoms with Crippen molar-refractivity contribution in [2.24, 2.45) is 10.8 Å². The predicted molar refractivity (Wildman–Crippen MR) is 141 cm³/mol. The van der Waals surface area contributed by atoms with Gasteiger partial charge in [0.1, 0.15) is 11.4 Å². The Bertz CT molecular complexity index is 1050. The standard InChI is InChI=1S/C27H41N5O3/c1-25(2,3)35-24(33)32-15-21(27(6,7)16-26(4,5)17-32)31-20-12-19(14-30-23(20)34-9)18-10-11-29-22(13-18)28-8/h10-14,21,31H,15-17H2,1-9H3,(H,28,29). The quantitative estimate of drug-likeness (QED) is 0.566. The van der Waals surface area contributed by atoms with Gasteiger partial charge in [0.2, 0.25) is 5.88 Å². The first-order chi connectivity index (χ1) is 16.2. The first-order valence-corrected chi connectivity index (χ1v) is 12.2. The number of nitrogens with zero attached hydrogens (tertiary/aromatic N) is 3. The molecule has 0 bridgehead atoms. The molecule has 2 aromatic rings. The Morgan fingerprint density at radius 2 is 1.86 bits per heavy atom. The van der Waals surface area contributed by atoms with Gasteiger partial charge in [0.15, 0.2) is 0 Å². The van der Waals surface area contributed by atoms with E-state index in [0.717, 1.165) is 29.1 Å². The Labute approximate surface area is 209 Å². The van der Waals surface area contributed by atoms with Crippen molar-refractivity contribution in [3.05, 3.63) is 30.6 Å². The average Bonchev–Trinajstić information content (AvgIpc) is 2.84. The molecule has 1 amide bonds. The molecule has 3 heterocycles. The number of carbonyl (C=O) groups is 1. The summed E-state index contributed by atoms with van der Waals surface area (Å²) in [5.74, 6) is 1.30. The molecule has 0 saturated carbocycles. The summed E-state index contributed by atoms with van der Waals surface area (Å²) in [6.45, 7) is 15.7. The van der Waals surface area contributed by atoms with Crippen molar-refractivity contribution < 1.29 is 14.3 Å². The molecular formula is C27H41N5O3. The van der Waals surface area contributed by atoms with Gasteiger partial charge < -0.3 is 25.0 Å². The number of rotatable bonds is 5. The molecule has 0 aliphatic carbocycles. The van der Waals surface area contributed by atoms with Gasteiger partial charge in [0, 0.05) is 44.1 Å². The highest BCUT2D eigenvalue weighted by Gasteiger charge is 2.43. The zero-order valence-corrected chi connectivity index (χ0v) is 22.7. The molecule has 1 unspecified atom stereocenters. The molecule has 1 atom stereocenters. The van der Waals surface area contributed by atoms with Crippen LogP contribution < -0.4 is 15.4 Å². The average molecular weight is 484 g/mol. The molecule has 3 rings (SSSR count). The van der Waals surface area contributed by atoms with E-state index in [9.17, 15) is 4.79 Å². The number of hydrogen-bond acceptors (Lipinski definition) is 7. The minimum atomic E-state index is -0.551. The third-order valence-corrected chi connectivity index (χ3v) is 6.27. The largest absolute Gasteiger partial charge is 0.480 e. The monoisotopic (exact) mass is 483 g/mol. The number of pyridine rings is 2. The second kappa shape index (κ2) is 9.91. The van der Waals surface area contributed by atoms with E-state index in [0.29, 0.717) is 19.0 Å². The SMILES string of the molecule is CNc1cc(-c2cnc(OC)c(NC3CN(C(=O)OC(C)(C)C)CC(C)(C)CC3(C)C)c2)ccn1. The lowest BCUT2D eigenvalue weighted by Gasteiger charge is -2.37. The molecule has 2 aromatic heterocycles. The highest BCUT2D eigenvalue weighted by atomic mass is 16.6. The first-order valence-electron chi connectivity index (χ1n) is 12.2. The van der Waals surface area contributed by atoms with Crippen LogP contribution in [0.15, 0.2) is 30.6 Å². The molecule has 1 fully saturated rings. The van der Waals surface area contributed by atoms with Gasteiger partial charge in [-0.25, -0.2) is 14.8 Å². The lowest BCUT2D eigenvalue weighted by atomic mass is 9.72. The Kier molecular flexibility index (Phi) is 7.53. The molecule has 192 valence electrons. The van der Waals surface area contributed by atoms with E-state index in [4.69, 9.17) is 9.47 Å². The van der Waals surface area contributed by atoms with Crippen LogP contribution in [0.2, 0.25) is 0 Å². The van der Waals surface area contributed by atoms with Crippen LogP contribution >= 0.6 is 0 Å².